The van der Waals surface area contributed by atoms with E-state index in [9.17, 15) is 48.3 Å². The summed E-state index contributed by atoms with van der Waals surface area (Å²) in [5, 5.41) is 34.8. The van der Waals surface area contributed by atoms with E-state index in [1.807, 2.05) is 58.0 Å². The van der Waals surface area contributed by atoms with Crippen LogP contribution in [0.3, 0.4) is 0 Å². The fourth-order valence-electron chi connectivity index (χ4n) is 8.56. The first kappa shape index (κ1) is 65.4. The summed E-state index contributed by atoms with van der Waals surface area (Å²) in [5.41, 5.74) is 24.5. The number of amides is 9. The lowest BCUT2D eigenvalue weighted by molar-refractivity contribution is -0.136. The second kappa shape index (κ2) is 36.3. The van der Waals surface area contributed by atoms with Gasteiger partial charge in [0.2, 0.25) is 53.2 Å². The Hall–Kier alpha value is -5.75. The molecule has 1 saturated heterocycles. The Morgan fingerprint density at radius 1 is 0.587 bits per heavy atom. The smallest absolute Gasteiger partial charge is 0.243 e. The quantitative estimate of drug-likeness (QED) is 0.0476. The highest BCUT2D eigenvalue weighted by molar-refractivity contribution is 5.98. The minimum atomic E-state index is -1.46. The van der Waals surface area contributed by atoms with Crippen molar-refractivity contribution in [2.75, 3.05) is 32.7 Å². The molecule has 18 N–H and O–H groups in total. The Morgan fingerprint density at radius 3 is 1.52 bits per heavy atom. The van der Waals surface area contributed by atoms with Crippen LogP contribution in [0.2, 0.25) is 0 Å². The first-order chi connectivity index (χ1) is 35.8. The van der Waals surface area contributed by atoms with Crippen LogP contribution in [0.5, 0.6) is 0 Å². The van der Waals surface area contributed by atoms with E-state index >= 15 is 0 Å². The molecule has 1 aromatic rings. The van der Waals surface area contributed by atoms with E-state index in [2.05, 4.69) is 54.8 Å². The topological polar surface area (TPSA) is 386 Å². The van der Waals surface area contributed by atoms with Crippen molar-refractivity contribution in [1.82, 2.24) is 47.9 Å². The molecule has 23 nitrogen and oxygen atoms in total. The van der Waals surface area contributed by atoms with Gasteiger partial charge in [-0.25, -0.2) is 0 Å². The van der Waals surface area contributed by atoms with Gasteiger partial charge in [0.25, 0.3) is 0 Å². The maximum Gasteiger partial charge on any atom is 0.243 e. The second-order valence-corrected chi connectivity index (χ2v) is 20.3. The fraction of sp³-hybridized carbons (Fsp3) is 0.712. The van der Waals surface area contributed by atoms with Gasteiger partial charge in [-0.05, 0) is 108 Å². The predicted octanol–water partition coefficient (Wildman–Crippen LogP) is -1.38. The Kier molecular flexibility index (Phi) is 31.6. The SMILES string of the molecule is CCCCCCC[C@@H](O)CC(=O)N[C@@H](CCN)C(=O)N[C@@H]1CCNC(=O)[C@H](CC(C)C)NC(=O)[C@H](CCN)NC(=O)[C@H](CCN)NC(=O)[C@H](CC(C)C)NC(=O)[C@@H](CCc2ccccc2)NC(=O)[C@H](CCN)NC1=O. The number of hydrogen-bond acceptors (Lipinski definition) is 14. The summed E-state index contributed by atoms with van der Waals surface area (Å²) in [6, 6.07) is -1.08. The van der Waals surface area contributed by atoms with E-state index in [4.69, 9.17) is 22.9 Å². The largest absolute Gasteiger partial charge is 0.393 e. The van der Waals surface area contributed by atoms with Crippen LogP contribution >= 0.6 is 0 Å². The maximum atomic E-state index is 14.4. The predicted molar refractivity (Wildman–Crippen MR) is 285 cm³/mol. The van der Waals surface area contributed by atoms with Crippen molar-refractivity contribution < 1.29 is 48.3 Å². The van der Waals surface area contributed by atoms with Crippen LogP contribution in [0.1, 0.15) is 136 Å². The Labute approximate surface area is 443 Å². The molecular weight excluding hydrogens is 967 g/mol. The number of hydrogen-bond donors (Lipinski definition) is 14. The zero-order valence-electron chi connectivity index (χ0n) is 45.0. The molecule has 75 heavy (non-hydrogen) atoms. The average molecular weight is 1060 g/mol. The molecule has 9 amide bonds. The summed E-state index contributed by atoms with van der Waals surface area (Å²) < 4.78 is 0. The van der Waals surface area contributed by atoms with Crippen LogP contribution in [0.4, 0.5) is 0 Å². The van der Waals surface area contributed by atoms with Crippen LogP contribution in [-0.4, -0.2) is 145 Å². The van der Waals surface area contributed by atoms with Crippen LogP contribution in [-0.2, 0) is 49.6 Å². The highest BCUT2D eigenvalue weighted by Crippen LogP contribution is 2.13. The molecule has 0 unspecified atom stereocenters. The Morgan fingerprint density at radius 2 is 1.04 bits per heavy atom. The van der Waals surface area contributed by atoms with E-state index in [0.29, 0.717) is 12.8 Å². The molecule has 424 valence electrons. The zero-order valence-corrected chi connectivity index (χ0v) is 45.0. The van der Waals surface area contributed by atoms with Gasteiger partial charge < -0.3 is 75.9 Å². The van der Waals surface area contributed by atoms with Gasteiger partial charge in [-0.3, -0.25) is 43.2 Å². The van der Waals surface area contributed by atoms with Crippen molar-refractivity contribution in [3.8, 4) is 0 Å². The molecule has 0 spiro atoms. The van der Waals surface area contributed by atoms with E-state index in [1.165, 1.54) is 0 Å². The van der Waals surface area contributed by atoms with Crippen molar-refractivity contribution >= 4 is 53.2 Å². The third-order valence-electron chi connectivity index (χ3n) is 12.7. The summed E-state index contributed by atoms with van der Waals surface area (Å²) in [6.07, 6.45) is 4.02. The number of carbonyl (C=O) groups is 9. The lowest BCUT2D eigenvalue weighted by atomic mass is 10.00. The molecule has 0 aromatic heterocycles. The number of nitrogens with two attached hydrogens (primary N) is 4. The standard InChI is InChI=1S/C52H91N13O10/c1-6-7-8-9-13-16-35(66)31-44(67)58-37(19-24-53)47(70)63-41-23-28-57-45(68)42(29-32(2)3)64-50(73)40(22-27-56)60-49(72)39(21-26-55)62-52(75)43(30-33(4)5)65-46(69)36(18-17-34-14-11-10-12-15-34)59-48(71)38(20-25-54)61-51(41)74/h10-12,14-15,32-33,35-43,66H,6-9,13,16-31,53-56H2,1-5H3,(H,57,68)(H,58,67)(H,59,71)(H,60,72)(H,61,74)(H,62,75)(H,63,70)(H,64,73)(H,65,69)/t35-,36-,37+,38+,39+,40+,41-,42+,43+/m1/s1. The highest BCUT2D eigenvalue weighted by atomic mass is 16.3. The van der Waals surface area contributed by atoms with Crippen molar-refractivity contribution in [3.63, 3.8) is 0 Å². The minimum absolute atomic E-state index is 0.0427. The number of aryl methyl sites for hydroxylation is 1. The number of carbonyl (C=O) groups excluding carboxylic acids is 9. The highest BCUT2D eigenvalue weighted by Gasteiger charge is 2.35. The lowest BCUT2D eigenvalue weighted by Gasteiger charge is -2.28. The zero-order chi connectivity index (χ0) is 55.9. The third kappa shape index (κ3) is 25.6. The summed E-state index contributed by atoms with van der Waals surface area (Å²) >= 11 is 0. The van der Waals surface area contributed by atoms with Gasteiger partial charge in [-0.2, -0.15) is 0 Å². The van der Waals surface area contributed by atoms with Crippen LogP contribution in [0.15, 0.2) is 30.3 Å². The second-order valence-electron chi connectivity index (χ2n) is 20.3. The monoisotopic (exact) mass is 1060 g/mol. The van der Waals surface area contributed by atoms with Crippen molar-refractivity contribution in [3.05, 3.63) is 35.9 Å². The van der Waals surface area contributed by atoms with Gasteiger partial charge >= 0.3 is 0 Å². The van der Waals surface area contributed by atoms with Crippen molar-refractivity contribution in [2.45, 2.75) is 192 Å². The Balaban J connectivity index is 2.68. The molecule has 0 radical (unpaired) electrons. The molecule has 1 fully saturated rings. The van der Waals surface area contributed by atoms with Gasteiger partial charge in [0.1, 0.15) is 48.3 Å². The normalized spacial score (nSPS) is 22.9. The van der Waals surface area contributed by atoms with Crippen molar-refractivity contribution in [2.24, 2.45) is 34.8 Å². The number of nitrogens with one attached hydrogen (secondary N) is 9. The molecule has 1 aliphatic heterocycles. The minimum Gasteiger partial charge on any atom is -0.393 e. The first-order valence-electron chi connectivity index (χ1n) is 27.0. The number of aliphatic hydroxyl groups excluding tert-OH is 1. The van der Waals surface area contributed by atoms with Gasteiger partial charge in [0, 0.05) is 6.54 Å². The van der Waals surface area contributed by atoms with Crippen LogP contribution in [0, 0.1) is 11.8 Å². The molecule has 2 rings (SSSR count). The summed E-state index contributed by atoms with van der Waals surface area (Å²) in [6.45, 7) is 8.93. The summed E-state index contributed by atoms with van der Waals surface area (Å²) in [7, 11) is 0. The molecule has 0 bridgehead atoms. The van der Waals surface area contributed by atoms with E-state index < -0.39 is 108 Å². The van der Waals surface area contributed by atoms with E-state index in [-0.39, 0.29) is 102 Å². The van der Waals surface area contributed by atoms with Gasteiger partial charge in [0.15, 0.2) is 0 Å². The van der Waals surface area contributed by atoms with Gasteiger partial charge in [-0.15, -0.1) is 0 Å². The van der Waals surface area contributed by atoms with Crippen LogP contribution < -0.4 is 70.8 Å². The number of benzene rings is 1. The number of aliphatic hydroxyl groups is 1. The van der Waals surface area contributed by atoms with Gasteiger partial charge in [0.05, 0.1) is 12.5 Å². The van der Waals surface area contributed by atoms with E-state index in [0.717, 1.165) is 37.7 Å². The maximum absolute atomic E-state index is 14.4. The van der Waals surface area contributed by atoms with Gasteiger partial charge in [-0.1, -0.05) is 97.1 Å². The molecule has 9 atom stereocenters. The molecule has 23 heteroatoms. The summed E-state index contributed by atoms with van der Waals surface area (Å²) in [4.78, 5) is 126. The molecule has 0 aliphatic carbocycles. The summed E-state index contributed by atoms with van der Waals surface area (Å²) in [5.74, 6) is -7.00. The number of unbranched alkanes of at least 4 members (excludes halogenated alkanes) is 4. The third-order valence-corrected chi connectivity index (χ3v) is 12.7. The lowest BCUT2D eigenvalue weighted by Crippen LogP contribution is -2.60. The van der Waals surface area contributed by atoms with E-state index in [1.54, 1.807) is 0 Å². The van der Waals surface area contributed by atoms with Crippen LogP contribution in [0.25, 0.3) is 0 Å². The first-order valence-corrected chi connectivity index (χ1v) is 27.0. The van der Waals surface area contributed by atoms with Crippen molar-refractivity contribution in [1.29, 1.82) is 0 Å². The molecule has 1 aliphatic rings. The molecular formula is C52H91N13O10. The molecule has 1 heterocycles. The molecule has 1 aromatic carbocycles. The fourth-order valence-corrected chi connectivity index (χ4v) is 8.56. The Bertz CT molecular complexity index is 1940. The number of rotatable bonds is 26. The molecule has 0 saturated carbocycles. The average Bonchev–Trinajstić information content (AvgIpc) is 3.35.